The molecule has 0 bridgehead atoms. The van der Waals surface area contributed by atoms with E-state index in [9.17, 15) is 13.2 Å². The molecule has 142 valence electrons. The van der Waals surface area contributed by atoms with E-state index < -0.39 is 42.5 Å². The maximum absolute atomic E-state index is 11.7. The van der Waals surface area contributed by atoms with Crippen LogP contribution >= 0.6 is 0 Å². The zero-order valence-corrected chi connectivity index (χ0v) is 17.6. The van der Waals surface area contributed by atoms with Crippen molar-refractivity contribution in [3.63, 3.8) is 0 Å². The van der Waals surface area contributed by atoms with Gasteiger partial charge in [0.15, 0.2) is 14.1 Å². The highest BCUT2D eigenvalue weighted by Gasteiger charge is 2.49. The predicted molar refractivity (Wildman–Crippen MR) is 92.8 cm³/mol. The molecular weight excluding hydrogens is 352 g/mol. The van der Waals surface area contributed by atoms with E-state index in [1.807, 2.05) is 13.1 Å². The lowest BCUT2D eigenvalue weighted by atomic mass is 10.1. The van der Waals surface area contributed by atoms with Gasteiger partial charge in [-0.05, 0) is 32.0 Å². The summed E-state index contributed by atoms with van der Waals surface area (Å²) in [6.07, 6.45) is -0.626. The third-order valence-electron chi connectivity index (χ3n) is 4.36. The molecule has 0 spiro atoms. The van der Waals surface area contributed by atoms with E-state index in [2.05, 4.69) is 20.8 Å². The second-order valence-electron chi connectivity index (χ2n) is 8.11. The average Bonchev–Trinajstić information content (AvgIpc) is 2.66. The summed E-state index contributed by atoms with van der Waals surface area (Å²) >= 11 is 0. The fourth-order valence-corrected chi connectivity index (χ4v) is 3.76. The Morgan fingerprint density at radius 1 is 1.25 bits per heavy atom. The van der Waals surface area contributed by atoms with Crippen LogP contribution in [0.5, 0.6) is 0 Å². The number of carbonyl (C=O) groups excluding carboxylic acids is 1. The zero-order chi connectivity index (χ0) is 19.0. The van der Waals surface area contributed by atoms with Crippen molar-refractivity contribution < 1.29 is 31.3 Å². The summed E-state index contributed by atoms with van der Waals surface area (Å²) in [6, 6.07) is 0. The molecule has 0 aromatic rings. The van der Waals surface area contributed by atoms with E-state index in [1.165, 1.54) is 0 Å². The van der Waals surface area contributed by atoms with E-state index in [0.717, 1.165) is 6.26 Å². The molecule has 0 aliphatic carbocycles. The van der Waals surface area contributed by atoms with Crippen molar-refractivity contribution in [2.75, 3.05) is 12.9 Å². The monoisotopic (exact) mass is 382 g/mol. The van der Waals surface area contributed by atoms with Crippen molar-refractivity contribution in [3.8, 4) is 0 Å². The summed E-state index contributed by atoms with van der Waals surface area (Å²) in [6.45, 7) is 13.5. The molecule has 0 saturated carbocycles. The molecular formula is C15H30O7SSi. The molecule has 1 heterocycles. The van der Waals surface area contributed by atoms with Crippen LogP contribution in [0.2, 0.25) is 18.1 Å². The van der Waals surface area contributed by atoms with Gasteiger partial charge in [0.25, 0.3) is 10.1 Å². The minimum atomic E-state index is -3.62. The first-order valence-corrected chi connectivity index (χ1v) is 12.6. The SMILES string of the molecule is CC1(C)O[C@H]([C@H](C=O)O[Si](C)(C)C(C)(C)C)[C@H](COS(C)(=O)=O)O1. The molecule has 0 amide bonds. The topological polar surface area (TPSA) is 88.1 Å². The third-order valence-corrected chi connectivity index (χ3v) is 9.40. The van der Waals surface area contributed by atoms with Gasteiger partial charge in [-0.2, -0.15) is 8.42 Å². The van der Waals surface area contributed by atoms with E-state index >= 15 is 0 Å². The van der Waals surface area contributed by atoms with Crippen molar-refractivity contribution in [2.24, 2.45) is 0 Å². The van der Waals surface area contributed by atoms with Crippen LogP contribution in [0.25, 0.3) is 0 Å². The van der Waals surface area contributed by atoms with E-state index in [4.69, 9.17) is 18.1 Å². The quantitative estimate of drug-likeness (QED) is 0.378. The summed E-state index contributed by atoms with van der Waals surface area (Å²) < 4.78 is 45.0. The highest BCUT2D eigenvalue weighted by Crippen LogP contribution is 2.39. The van der Waals surface area contributed by atoms with Gasteiger partial charge in [0, 0.05) is 0 Å². The van der Waals surface area contributed by atoms with Crippen molar-refractivity contribution in [1.29, 1.82) is 0 Å². The maximum atomic E-state index is 11.7. The first-order chi connectivity index (χ1) is 10.6. The second-order valence-corrected chi connectivity index (χ2v) is 14.5. The first-order valence-electron chi connectivity index (χ1n) is 7.91. The van der Waals surface area contributed by atoms with Crippen LogP contribution in [0.3, 0.4) is 0 Å². The zero-order valence-electron chi connectivity index (χ0n) is 15.8. The number of rotatable bonds is 7. The lowest BCUT2D eigenvalue weighted by Gasteiger charge is -2.39. The Morgan fingerprint density at radius 3 is 2.21 bits per heavy atom. The summed E-state index contributed by atoms with van der Waals surface area (Å²) in [4.78, 5) is 11.7. The van der Waals surface area contributed by atoms with Gasteiger partial charge in [-0.3, -0.25) is 4.18 Å². The van der Waals surface area contributed by atoms with Crippen molar-refractivity contribution >= 4 is 24.7 Å². The summed E-state index contributed by atoms with van der Waals surface area (Å²) in [5.74, 6) is -0.950. The maximum Gasteiger partial charge on any atom is 0.264 e. The normalized spacial score (nSPS) is 26.3. The molecule has 0 radical (unpaired) electrons. The Balaban J connectivity index is 2.97. The molecule has 0 aromatic carbocycles. The molecule has 1 rings (SSSR count). The molecule has 9 heteroatoms. The predicted octanol–water partition coefficient (Wildman–Crippen LogP) is 2.07. The number of ether oxygens (including phenoxy) is 2. The fourth-order valence-electron chi connectivity index (χ4n) is 2.15. The Labute approximate surface area is 146 Å². The van der Waals surface area contributed by atoms with Crippen LogP contribution in [0.15, 0.2) is 0 Å². The van der Waals surface area contributed by atoms with Gasteiger partial charge in [0.05, 0.1) is 12.9 Å². The van der Waals surface area contributed by atoms with Crippen LogP contribution < -0.4 is 0 Å². The third kappa shape index (κ3) is 5.89. The van der Waals surface area contributed by atoms with Gasteiger partial charge in [-0.1, -0.05) is 20.8 Å². The Hall–Kier alpha value is -0.323. The molecule has 7 nitrogen and oxygen atoms in total. The first kappa shape index (κ1) is 21.7. The molecule has 24 heavy (non-hydrogen) atoms. The fraction of sp³-hybridized carbons (Fsp3) is 0.933. The smallest absolute Gasteiger partial charge is 0.264 e. The van der Waals surface area contributed by atoms with Crippen molar-refractivity contribution in [1.82, 2.24) is 0 Å². The Morgan fingerprint density at radius 2 is 1.79 bits per heavy atom. The largest absolute Gasteiger partial charge is 0.404 e. The molecule has 0 N–H and O–H groups in total. The minimum Gasteiger partial charge on any atom is -0.404 e. The van der Waals surface area contributed by atoms with Gasteiger partial charge in [0.2, 0.25) is 0 Å². The molecule has 1 fully saturated rings. The summed E-state index contributed by atoms with van der Waals surface area (Å²) in [5.41, 5.74) is 0. The van der Waals surface area contributed by atoms with Gasteiger partial charge in [-0.25, -0.2) is 0 Å². The summed E-state index contributed by atoms with van der Waals surface area (Å²) in [5, 5.41) is -0.0814. The van der Waals surface area contributed by atoms with Crippen LogP contribution in [-0.4, -0.2) is 60.0 Å². The van der Waals surface area contributed by atoms with Gasteiger partial charge >= 0.3 is 0 Å². The number of carbonyl (C=O) groups is 1. The van der Waals surface area contributed by atoms with E-state index in [0.29, 0.717) is 6.29 Å². The number of hydrogen-bond acceptors (Lipinski definition) is 7. The van der Waals surface area contributed by atoms with E-state index in [1.54, 1.807) is 13.8 Å². The van der Waals surface area contributed by atoms with Crippen molar-refractivity contribution in [2.45, 2.75) is 76.8 Å². The molecule has 1 saturated heterocycles. The molecule has 0 aromatic heterocycles. The lowest BCUT2D eigenvalue weighted by Crippen LogP contribution is -2.50. The molecule has 1 aliphatic heterocycles. The Kier molecular flexibility index (Phi) is 6.45. The van der Waals surface area contributed by atoms with Gasteiger partial charge in [-0.15, -0.1) is 0 Å². The van der Waals surface area contributed by atoms with E-state index in [-0.39, 0.29) is 11.6 Å². The van der Waals surface area contributed by atoms with Crippen LogP contribution in [0, 0.1) is 0 Å². The van der Waals surface area contributed by atoms with Crippen LogP contribution in [-0.2, 0) is 33.0 Å². The van der Waals surface area contributed by atoms with Crippen LogP contribution in [0.1, 0.15) is 34.6 Å². The lowest BCUT2D eigenvalue weighted by molar-refractivity contribution is -0.156. The summed E-state index contributed by atoms with van der Waals surface area (Å²) in [7, 11) is -5.84. The molecule has 1 aliphatic rings. The van der Waals surface area contributed by atoms with Gasteiger partial charge < -0.3 is 18.7 Å². The van der Waals surface area contributed by atoms with Gasteiger partial charge in [0.1, 0.15) is 24.6 Å². The average molecular weight is 383 g/mol. The molecule has 3 atom stereocenters. The van der Waals surface area contributed by atoms with Crippen molar-refractivity contribution in [3.05, 3.63) is 0 Å². The number of hydrogen-bond donors (Lipinski definition) is 0. The second kappa shape index (κ2) is 7.12. The highest BCUT2D eigenvalue weighted by molar-refractivity contribution is 7.85. The minimum absolute atomic E-state index is 0.0814. The standard InChI is InChI=1S/C15H30O7SSi/c1-14(2,3)24(7,8)22-11(9-16)13-12(10-19-23(6,17)18)20-15(4,5)21-13/h9,11-13H,10H2,1-8H3/t11-,12-,13+/m0/s1. The Bertz CT molecular complexity index is 551. The highest BCUT2D eigenvalue weighted by atomic mass is 32.2. The van der Waals surface area contributed by atoms with Crippen LogP contribution in [0.4, 0.5) is 0 Å². The molecule has 0 unspecified atom stereocenters. The number of aldehydes is 1.